The van der Waals surface area contributed by atoms with E-state index in [0.717, 1.165) is 0 Å². The number of methoxy groups -OCH3 is 1. The molecule has 2 aromatic rings. The highest BCUT2D eigenvalue weighted by Gasteiger charge is 2.18. The predicted molar refractivity (Wildman–Crippen MR) is 77.4 cm³/mol. The molecular formula is C15H18N2O4. The Morgan fingerprint density at radius 3 is 2.57 bits per heavy atom. The number of hydrogen-bond acceptors (Lipinski definition) is 4. The monoisotopic (exact) mass is 290 g/mol. The lowest BCUT2D eigenvalue weighted by Gasteiger charge is -2.10. The van der Waals surface area contributed by atoms with Crippen molar-refractivity contribution in [1.29, 1.82) is 0 Å². The van der Waals surface area contributed by atoms with Crippen LogP contribution in [-0.2, 0) is 9.53 Å². The molecule has 6 nitrogen and oxygen atoms in total. The van der Waals surface area contributed by atoms with E-state index in [1.807, 2.05) is 13.8 Å². The van der Waals surface area contributed by atoms with E-state index >= 15 is 0 Å². The Morgan fingerprint density at radius 2 is 2.00 bits per heavy atom. The molecule has 1 unspecified atom stereocenters. The van der Waals surface area contributed by atoms with Gasteiger partial charge in [0.25, 0.3) is 0 Å². The number of aromatic nitrogens is 2. The van der Waals surface area contributed by atoms with Crippen molar-refractivity contribution in [3.63, 3.8) is 0 Å². The highest BCUT2D eigenvalue weighted by Crippen LogP contribution is 2.17. The molecule has 0 amide bonds. The number of aliphatic hydroxyl groups excluding tert-OH is 1. The Hall–Kier alpha value is -2.34. The summed E-state index contributed by atoms with van der Waals surface area (Å²) in [5, 5.41) is 9.86. The van der Waals surface area contributed by atoms with Crippen LogP contribution in [-0.4, -0.2) is 27.3 Å². The summed E-state index contributed by atoms with van der Waals surface area (Å²) < 4.78 is 7.58. The van der Waals surface area contributed by atoms with Crippen LogP contribution in [0.2, 0.25) is 0 Å². The Morgan fingerprint density at radius 1 is 1.29 bits per heavy atom. The molecule has 6 heteroatoms. The zero-order valence-corrected chi connectivity index (χ0v) is 12.2. The van der Waals surface area contributed by atoms with Crippen LogP contribution < -0.4 is 5.69 Å². The molecule has 1 heterocycles. The number of hydrogen-bond donors (Lipinski definition) is 1. The Labute approximate surface area is 122 Å². The second-order valence-electron chi connectivity index (χ2n) is 4.97. The van der Waals surface area contributed by atoms with Crippen LogP contribution >= 0.6 is 0 Å². The first-order valence-corrected chi connectivity index (χ1v) is 6.61. The van der Waals surface area contributed by atoms with Crippen molar-refractivity contribution < 1.29 is 14.6 Å². The zero-order valence-electron chi connectivity index (χ0n) is 12.2. The summed E-state index contributed by atoms with van der Waals surface area (Å²) in [7, 11) is 1.21. The van der Waals surface area contributed by atoms with Gasteiger partial charge in [-0.05, 0) is 31.5 Å². The Balaban J connectivity index is 2.43. The minimum absolute atomic E-state index is 0.0580. The summed E-state index contributed by atoms with van der Waals surface area (Å²) in [4.78, 5) is 23.6. The van der Waals surface area contributed by atoms with Gasteiger partial charge >= 0.3 is 11.7 Å². The molecule has 112 valence electrons. The van der Waals surface area contributed by atoms with Gasteiger partial charge in [0, 0.05) is 18.4 Å². The van der Waals surface area contributed by atoms with Crippen molar-refractivity contribution in [3.8, 4) is 5.69 Å². The standard InChI is InChI=1S/C15H18N2O4/c1-10(2)16-7-8-17(15(16)20)12-6-4-5-11(9-12)13(18)14(19)21-3/h4-10,13,18H,1-3H3. The minimum Gasteiger partial charge on any atom is -0.467 e. The number of carbonyl (C=O) groups is 1. The van der Waals surface area contributed by atoms with Crippen LogP contribution in [0.4, 0.5) is 0 Å². The first-order valence-electron chi connectivity index (χ1n) is 6.61. The predicted octanol–water partition coefficient (Wildman–Crippen LogP) is 1.43. The van der Waals surface area contributed by atoms with Crippen molar-refractivity contribution in [2.45, 2.75) is 26.0 Å². The third-order valence-corrected chi connectivity index (χ3v) is 3.25. The summed E-state index contributed by atoms with van der Waals surface area (Å²) >= 11 is 0. The van der Waals surface area contributed by atoms with E-state index < -0.39 is 12.1 Å². The van der Waals surface area contributed by atoms with Crippen molar-refractivity contribution in [2.75, 3.05) is 7.11 Å². The largest absolute Gasteiger partial charge is 0.467 e. The zero-order chi connectivity index (χ0) is 15.6. The van der Waals surface area contributed by atoms with Crippen LogP contribution in [0.1, 0.15) is 31.6 Å². The van der Waals surface area contributed by atoms with Crippen LogP contribution in [0.15, 0.2) is 41.5 Å². The maximum absolute atomic E-state index is 12.3. The van der Waals surface area contributed by atoms with Gasteiger partial charge in [-0.2, -0.15) is 0 Å². The van der Waals surface area contributed by atoms with Gasteiger partial charge in [-0.3, -0.25) is 9.13 Å². The average molecular weight is 290 g/mol. The van der Waals surface area contributed by atoms with Gasteiger partial charge in [0.05, 0.1) is 12.8 Å². The molecule has 21 heavy (non-hydrogen) atoms. The number of carbonyl (C=O) groups excluding carboxylic acids is 1. The van der Waals surface area contributed by atoms with Crippen LogP contribution in [0.3, 0.4) is 0 Å². The first-order chi connectivity index (χ1) is 9.95. The van der Waals surface area contributed by atoms with Gasteiger partial charge in [0.2, 0.25) is 0 Å². The highest BCUT2D eigenvalue weighted by atomic mass is 16.5. The van der Waals surface area contributed by atoms with Crippen LogP contribution in [0.25, 0.3) is 5.69 Å². The van der Waals surface area contributed by atoms with E-state index in [2.05, 4.69) is 4.74 Å². The topological polar surface area (TPSA) is 73.5 Å². The molecule has 2 rings (SSSR count). The minimum atomic E-state index is -1.36. The third kappa shape index (κ3) is 2.90. The van der Waals surface area contributed by atoms with Gasteiger partial charge in [0.1, 0.15) is 0 Å². The van der Waals surface area contributed by atoms with Gasteiger partial charge in [-0.25, -0.2) is 9.59 Å². The maximum atomic E-state index is 12.3. The molecule has 0 saturated heterocycles. The summed E-state index contributed by atoms with van der Waals surface area (Å²) in [6.45, 7) is 3.84. The molecule has 0 spiro atoms. The number of esters is 1. The van der Waals surface area contributed by atoms with E-state index in [4.69, 9.17) is 0 Å². The van der Waals surface area contributed by atoms with E-state index in [-0.39, 0.29) is 11.7 Å². The maximum Gasteiger partial charge on any atom is 0.339 e. The second kappa shape index (κ2) is 5.97. The van der Waals surface area contributed by atoms with Crippen molar-refractivity contribution in [1.82, 2.24) is 9.13 Å². The van der Waals surface area contributed by atoms with Gasteiger partial charge < -0.3 is 9.84 Å². The molecule has 1 aromatic carbocycles. The molecule has 1 N–H and O–H groups in total. The molecule has 0 radical (unpaired) electrons. The SMILES string of the molecule is COC(=O)C(O)c1cccc(-n2ccn(C(C)C)c2=O)c1. The highest BCUT2D eigenvalue weighted by molar-refractivity contribution is 5.76. The molecule has 1 atom stereocenters. The van der Waals surface area contributed by atoms with Crippen LogP contribution in [0, 0.1) is 0 Å². The summed E-state index contributed by atoms with van der Waals surface area (Å²) in [6, 6.07) is 6.67. The Kier molecular flexibility index (Phi) is 4.28. The van der Waals surface area contributed by atoms with Crippen molar-refractivity contribution >= 4 is 5.97 Å². The van der Waals surface area contributed by atoms with E-state index in [1.54, 1.807) is 41.2 Å². The molecule has 0 aliphatic heterocycles. The van der Waals surface area contributed by atoms with Crippen molar-refractivity contribution in [2.24, 2.45) is 0 Å². The van der Waals surface area contributed by atoms with Crippen LogP contribution in [0.5, 0.6) is 0 Å². The van der Waals surface area contributed by atoms with E-state index in [1.165, 1.54) is 11.7 Å². The van der Waals surface area contributed by atoms with Gasteiger partial charge in [-0.1, -0.05) is 12.1 Å². The average Bonchev–Trinajstić information content (AvgIpc) is 2.87. The quantitative estimate of drug-likeness (QED) is 0.864. The van der Waals surface area contributed by atoms with Crippen molar-refractivity contribution in [3.05, 3.63) is 52.7 Å². The molecule has 0 fully saturated rings. The number of imidazole rings is 1. The summed E-state index contributed by atoms with van der Waals surface area (Å²) in [5.74, 6) is -0.737. The fourth-order valence-corrected chi connectivity index (χ4v) is 2.07. The molecule has 1 aromatic heterocycles. The number of nitrogens with zero attached hydrogens (tertiary/aromatic N) is 2. The number of ether oxygens (including phenoxy) is 1. The first kappa shape index (κ1) is 15.1. The number of benzene rings is 1. The van der Waals surface area contributed by atoms with Gasteiger partial charge in [0.15, 0.2) is 6.10 Å². The molecular weight excluding hydrogens is 272 g/mol. The number of rotatable bonds is 4. The number of aliphatic hydroxyl groups is 1. The normalized spacial score (nSPS) is 12.4. The lowest BCUT2D eigenvalue weighted by atomic mass is 10.1. The fraction of sp³-hybridized carbons (Fsp3) is 0.333. The smallest absolute Gasteiger partial charge is 0.339 e. The molecule has 0 aliphatic carbocycles. The molecule has 0 bridgehead atoms. The summed E-state index contributed by atoms with van der Waals surface area (Å²) in [6.07, 6.45) is 2.00. The molecule has 0 saturated carbocycles. The fourth-order valence-electron chi connectivity index (χ4n) is 2.07. The summed E-state index contributed by atoms with van der Waals surface area (Å²) in [5.41, 5.74) is 0.790. The Bertz CT molecular complexity index is 700. The second-order valence-corrected chi connectivity index (χ2v) is 4.97. The lowest BCUT2D eigenvalue weighted by molar-refractivity contribution is -0.150. The van der Waals surface area contributed by atoms with E-state index in [9.17, 15) is 14.7 Å². The van der Waals surface area contributed by atoms with Gasteiger partial charge in [-0.15, -0.1) is 0 Å². The third-order valence-electron chi connectivity index (χ3n) is 3.25. The lowest BCUT2D eigenvalue weighted by Crippen LogP contribution is -2.24. The molecule has 0 aliphatic rings. The van der Waals surface area contributed by atoms with E-state index in [0.29, 0.717) is 11.3 Å².